The second-order valence-electron chi connectivity index (χ2n) is 5.42. The van der Waals surface area contributed by atoms with Crippen LogP contribution in [0.4, 0.5) is 0 Å². The van der Waals surface area contributed by atoms with E-state index in [1.807, 2.05) is 19.4 Å². The van der Waals surface area contributed by atoms with Gasteiger partial charge in [0.2, 0.25) is 5.91 Å². The molecule has 1 aliphatic rings. The normalized spacial score (nSPS) is 20.0. The highest BCUT2D eigenvalue weighted by Crippen LogP contribution is 2.18. The van der Waals surface area contributed by atoms with Crippen LogP contribution in [0, 0.1) is 0 Å². The molecule has 0 aliphatic carbocycles. The van der Waals surface area contributed by atoms with E-state index in [-0.39, 0.29) is 5.91 Å². The zero-order valence-corrected chi connectivity index (χ0v) is 12.2. The average Bonchev–Trinajstić information content (AvgIpc) is 2.84. The van der Waals surface area contributed by atoms with Gasteiger partial charge in [0.15, 0.2) is 0 Å². The average molecular weight is 279 g/mol. The molecule has 1 aliphatic heterocycles. The van der Waals surface area contributed by atoms with Crippen LogP contribution in [0.2, 0.25) is 0 Å². The molecule has 1 aromatic heterocycles. The zero-order valence-electron chi connectivity index (χ0n) is 12.2. The first-order valence-electron chi connectivity index (χ1n) is 7.37. The lowest BCUT2D eigenvalue weighted by Gasteiger charge is -2.35. The van der Waals surface area contributed by atoms with E-state index in [1.165, 1.54) is 12.8 Å². The number of nitrogens with one attached hydrogen (secondary N) is 1. The van der Waals surface area contributed by atoms with Gasteiger partial charge in [-0.05, 0) is 19.4 Å². The Balaban J connectivity index is 1.88. The molecule has 20 heavy (non-hydrogen) atoms. The van der Waals surface area contributed by atoms with Crippen molar-refractivity contribution in [2.75, 3.05) is 19.6 Å². The van der Waals surface area contributed by atoms with Crippen molar-refractivity contribution in [1.29, 1.82) is 0 Å². The van der Waals surface area contributed by atoms with E-state index in [1.54, 1.807) is 0 Å². The first-order chi connectivity index (χ1) is 9.70. The molecule has 0 spiro atoms. The van der Waals surface area contributed by atoms with Gasteiger partial charge >= 0.3 is 0 Å². The number of hydrogen-bond donors (Lipinski definition) is 2. The van der Waals surface area contributed by atoms with Crippen LogP contribution in [-0.4, -0.2) is 46.0 Å². The van der Waals surface area contributed by atoms with E-state index in [0.29, 0.717) is 25.6 Å². The van der Waals surface area contributed by atoms with Crippen molar-refractivity contribution in [2.24, 2.45) is 12.8 Å². The van der Waals surface area contributed by atoms with E-state index in [2.05, 4.69) is 19.8 Å². The number of rotatable bonds is 6. The summed E-state index contributed by atoms with van der Waals surface area (Å²) in [7, 11) is 2.02. The van der Waals surface area contributed by atoms with E-state index >= 15 is 0 Å². The van der Waals surface area contributed by atoms with Gasteiger partial charge in [-0.15, -0.1) is 0 Å². The summed E-state index contributed by atoms with van der Waals surface area (Å²) < 4.78 is 2.05. The third-order valence-electron chi connectivity index (χ3n) is 3.92. The Hall–Kier alpha value is -1.40. The Labute approximate surface area is 120 Å². The second-order valence-corrected chi connectivity index (χ2v) is 5.42. The van der Waals surface area contributed by atoms with Gasteiger partial charge in [-0.25, -0.2) is 4.98 Å². The van der Waals surface area contributed by atoms with E-state index < -0.39 is 0 Å². The predicted octanol–water partition coefficient (Wildman–Crippen LogP) is 0.240. The highest BCUT2D eigenvalue weighted by molar-refractivity contribution is 5.76. The van der Waals surface area contributed by atoms with Gasteiger partial charge in [-0.3, -0.25) is 9.69 Å². The maximum atomic E-state index is 11.5. The van der Waals surface area contributed by atoms with Gasteiger partial charge in [0, 0.05) is 45.0 Å². The van der Waals surface area contributed by atoms with Crippen LogP contribution >= 0.6 is 0 Å². The number of piperidine rings is 1. The summed E-state index contributed by atoms with van der Waals surface area (Å²) in [6, 6.07) is 0.405. The Morgan fingerprint density at radius 3 is 3.10 bits per heavy atom. The molecule has 3 N–H and O–H groups in total. The summed E-state index contributed by atoms with van der Waals surface area (Å²) in [5, 5.41) is 2.99. The minimum absolute atomic E-state index is 0.0509. The van der Waals surface area contributed by atoms with Crippen molar-refractivity contribution in [3.63, 3.8) is 0 Å². The maximum Gasteiger partial charge on any atom is 0.221 e. The molecule has 1 atom stereocenters. The zero-order chi connectivity index (χ0) is 14.4. The van der Waals surface area contributed by atoms with Crippen LogP contribution in [0.1, 0.15) is 31.5 Å². The fraction of sp³-hybridized carbons (Fsp3) is 0.714. The van der Waals surface area contributed by atoms with Crippen molar-refractivity contribution < 1.29 is 4.79 Å². The second kappa shape index (κ2) is 7.40. The molecule has 6 nitrogen and oxygen atoms in total. The predicted molar refractivity (Wildman–Crippen MR) is 77.9 cm³/mol. The molecule has 0 aromatic carbocycles. The lowest BCUT2D eigenvalue weighted by Crippen LogP contribution is -2.46. The van der Waals surface area contributed by atoms with Gasteiger partial charge in [0.05, 0.1) is 6.54 Å². The number of amides is 1. The molecule has 1 aromatic rings. The minimum Gasteiger partial charge on any atom is -0.354 e. The molecule has 112 valence electrons. The summed E-state index contributed by atoms with van der Waals surface area (Å²) in [6.07, 6.45) is 7.79. The number of hydrogen-bond acceptors (Lipinski definition) is 4. The number of imidazole rings is 1. The topological polar surface area (TPSA) is 76.2 Å². The van der Waals surface area contributed by atoms with E-state index in [0.717, 1.165) is 25.3 Å². The van der Waals surface area contributed by atoms with Gasteiger partial charge in [-0.2, -0.15) is 0 Å². The van der Waals surface area contributed by atoms with Crippen molar-refractivity contribution in [3.8, 4) is 0 Å². The van der Waals surface area contributed by atoms with Gasteiger partial charge in [0.1, 0.15) is 5.82 Å². The third kappa shape index (κ3) is 4.05. The lowest BCUT2D eigenvalue weighted by molar-refractivity contribution is -0.121. The standard InChI is InChI=1S/C14H25N5O/c1-18-9-7-16-13(18)11-19-8-3-2-4-12(19)10-17-14(20)5-6-15/h7,9,12H,2-6,8,10-11,15H2,1H3,(H,17,20). The molecule has 1 unspecified atom stereocenters. The summed E-state index contributed by atoms with van der Waals surface area (Å²) in [5.74, 6) is 1.13. The van der Waals surface area contributed by atoms with Crippen molar-refractivity contribution in [3.05, 3.63) is 18.2 Å². The molecule has 0 bridgehead atoms. The quantitative estimate of drug-likeness (QED) is 0.782. The third-order valence-corrected chi connectivity index (χ3v) is 3.92. The van der Waals surface area contributed by atoms with Crippen molar-refractivity contribution in [2.45, 2.75) is 38.3 Å². The van der Waals surface area contributed by atoms with Gasteiger partial charge < -0.3 is 15.6 Å². The number of aromatic nitrogens is 2. The molecule has 0 radical (unpaired) electrons. The van der Waals surface area contributed by atoms with E-state index in [9.17, 15) is 4.79 Å². The highest BCUT2D eigenvalue weighted by atomic mass is 16.1. The van der Waals surface area contributed by atoms with Crippen LogP contribution in [0.3, 0.4) is 0 Å². The number of nitrogens with zero attached hydrogens (tertiary/aromatic N) is 3. The molecule has 1 fully saturated rings. The first kappa shape index (κ1) is 15.0. The Kier molecular flexibility index (Phi) is 5.55. The number of carbonyl (C=O) groups excluding carboxylic acids is 1. The van der Waals surface area contributed by atoms with Crippen molar-refractivity contribution >= 4 is 5.91 Å². The molecule has 2 rings (SSSR count). The molecule has 1 amide bonds. The molecule has 2 heterocycles. The summed E-state index contributed by atoms with van der Waals surface area (Å²) in [4.78, 5) is 18.3. The fourth-order valence-electron chi connectivity index (χ4n) is 2.68. The maximum absolute atomic E-state index is 11.5. The van der Waals surface area contributed by atoms with Crippen LogP contribution in [-0.2, 0) is 18.4 Å². The monoisotopic (exact) mass is 279 g/mol. The summed E-state index contributed by atoms with van der Waals surface area (Å²) >= 11 is 0. The van der Waals surface area contributed by atoms with Gasteiger partial charge in [-0.1, -0.05) is 6.42 Å². The number of nitrogens with two attached hydrogens (primary N) is 1. The number of carbonyl (C=O) groups is 1. The van der Waals surface area contributed by atoms with Crippen LogP contribution in [0.25, 0.3) is 0 Å². The lowest BCUT2D eigenvalue weighted by atomic mass is 10.0. The van der Waals surface area contributed by atoms with E-state index in [4.69, 9.17) is 5.73 Å². The smallest absolute Gasteiger partial charge is 0.221 e. The van der Waals surface area contributed by atoms with Crippen LogP contribution in [0.15, 0.2) is 12.4 Å². The molecular formula is C14H25N5O. The van der Waals surface area contributed by atoms with Gasteiger partial charge in [0.25, 0.3) is 0 Å². The highest BCUT2D eigenvalue weighted by Gasteiger charge is 2.23. The largest absolute Gasteiger partial charge is 0.354 e. The first-order valence-corrected chi connectivity index (χ1v) is 7.37. The molecular weight excluding hydrogens is 254 g/mol. The van der Waals surface area contributed by atoms with Crippen molar-refractivity contribution in [1.82, 2.24) is 19.8 Å². The summed E-state index contributed by atoms with van der Waals surface area (Å²) in [5.41, 5.74) is 5.39. The SMILES string of the molecule is Cn1ccnc1CN1CCCCC1CNC(=O)CCN. The number of likely N-dealkylation sites (tertiary alicyclic amines) is 1. The molecule has 6 heteroatoms. The molecule has 0 saturated carbocycles. The Morgan fingerprint density at radius 1 is 1.55 bits per heavy atom. The Morgan fingerprint density at radius 2 is 2.40 bits per heavy atom. The Bertz CT molecular complexity index is 431. The fourth-order valence-corrected chi connectivity index (χ4v) is 2.68. The molecule has 1 saturated heterocycles. The minimum atomic E-state index is 0.0509. The number of aryl methyl sites for hydroxylation is 1. The summed E-state index contributed by atoms with van der Waals surface area (Å²) in [6.45, 7) is 3.04. The van der Waals surface area contributed by atoms with Crippen LogP contribution < -0.4 is 11.1 Å². The van der Waals surface area contributed by atoms with Crippen LogP contribution in [0.5, 0.6) is 0 Å².